The molecule has 21 heavy (non-hydrogen) atoms. The van der Waals surface area contributed by atoms with Gasteiger partial charge in [0.05, 0.1) is 19.0 Å². The van der Waals surface area contributed by atoms with Gasteiger partial charge in [0.15, 0.2) is 0 Å². The Bertz CT molecular complexity index is 590. The second-order valence-corrected chi connectivity index (χ2v) is 7.13. The topological polar surface area (TPSA) is 66.9 Å². The smallest absolute Gasteiger partial charge is 0.253 e. The molecule has 0 spiro atoms. The maximum atomic E-state index is 12.3. The minimum Gasteiger partial charge on any atom is -0.379 e. The van der Waals surface area contributed by atoms with Gasteiger partial charge in [-0.15, -0.1) is 0 Å². The quantitative estimate of drug-likeness (QED) is 0.814. The van der Waals surface area contributed by atoms with Crippen LogP contribution in [0.2, 0.25) is 0 Å². The van der Waals surface area contributed by atoms with Crippen molar-refractivity contribution in [2.24, 2.45) is 0 Å². The van der Waals surface area contributed by atoms with E-state index in [-0.39, 0.29) is 11.7 Å². The molecule has 0 N–H and O–H groups in total. The van der Waals surface area contributed by atoms with Gasteiger partial charge in [-0.05, 0) is 17.7 Å². The SMILES string of the molecule is CN(C)C(=O)c1ccc(CS(=O)(=O)N2CCOCC2)cc1. The highest BCUT2D eigenvalue weighted by molar-refractivity contribution is 7.88. The number of hydrogen-bond donors (Lipinski definition) is 0. The summed E-state index contributed by atoms with van der Waals surface area (Å²) in [6.45, 7) is 1.68. The van der Waals surface area contributed by atoms with E-state index in [9.17, 15) is 13.2 Å². The van der Waals surface area contributed by atoms with Crippen LogP contribution in [0, 0.1) is 0 Å². The van der Waals surface area contributed by atoms with Crippen LogP contribution < -0.4 is 0 Å². The fourth-order valence-electron chi connectivity index (χ4n) is 2.13. The summed E-state index contributed by atoms with van der Waals surface area (Å²) in [6, 6.07) is 6.70. The van der Waals surface area contributed by atoms with E-state index in [1.807, 2.05) is 0 Å². The summed E-state index contributed by atoms with van der Waals surface area (Å²) in [5.74, 6) is -0.152. The van der Waals surface area contributed by atoms with Crippen LogP contribution in [0.3, 0.4) is 0 Å². The number of nitrogens with zero attached hydrogens (tertiary/aromatic N) is 2. The van der Waals surface area contributed by atoms with Crippen LogP contribution in [-0.2, 0) is 20.5 Å². The van der Waals surface area contributed by atoms with Gasteiger partial charge in [-0.2, -0.15) is 4.31 Å². The third-order valence-corrected chi connectivity index (χ3v) is 5.17. The van der Waals surface area contributed by atoms with Gasteiger partial charge in [0, 0.05) is 32.7 Å². The predicted octanol–water partition coefficient (Wildman–Crippen LogP) is 0.550. The molecule has 1 aliphatic rings. The summed E-state index contributed by atoms with van der Waals surface area (Å²) in [6.07, 6.45) is 0. The minimum absolute atomic E-state index is 0.0521. The molecule has 1 aromatic rings. The first kappa shape index (κ1) is 15.9. The van der Waals surface area contributed by atoms with E-state index in [1.54, 1.807) is 38.4 Å². The molecule has 0 aliphatic carbocycles. The monoisotopic (exact) mass is 312 g/mol. The number of morpholine rings is 1. The molecule has 0 unspecified atom stereocenters. The van der Waals surface area contributed by atoms with Crippen molar-refractivity contribution in [2.45, 2.75) is 5.75 Å². The Labute approximate surface area is 125 Å². The molecule has 7 heteroatoms. The second-order valence-electron chi connectivity index (χ2n) is 5.16. The van der Waals surface area contributed by atoms with Gasteiger partial charge >= 0.3 is 0 Å². The van der Waals surface area contributed by atoms with E-state index in [4.69, 9.17) is 4.74 Å². The lowest BCUT2D eigenvalue weighted by molar-refractivity contribution is 0.0729. The minimum atomic E-state index is -3.33. The summed E-state index contributed by atoms with van der Waals surface area (Å²) in [4.78, 5) is 13.3. The van der Waals surface area contributed by atoms with Crippen LogP contribution in [-0.4, -0.2) is 63.9 Å². The number of carbonyl (C=O) groups is 1. The Kier molecular flexibility index (Phi) is 4.97. The summed E-state index contributed by atoms with van der Waals surface area (Å²) in [7, 11) is 0.0316. The second kappa shape index (κ2) is 6.55. The van der Waals surface area contributed by atoms with Crippen molar-refractivity contribution in [1.29, 1.82) is 0 Å². The van der Waals surface area contributed by atoms with Crippen LogP contribution in [0.15, 0.2) is 24.3 Å². The van der Waals surface area contributed by atoms with Gasteiger partial charge in [0.1, 0.15) is 0 Å². The van der Waals surface area contributed by atoms with Gasteiger partial charge in [-0.25, -0.2) is 8.42 Å². The highest BCUT2D eigenvalue weighted by atomic mass is 32.2. The Morgan fingerprint density at radius 3 is 2.29 bits per heavy atom. The molecule has 2 rings (SSSR count). The molecule has 1 aromatic carbocycles. The maximum absolute atomic E-state index is 12.3. The molecule has 1 fully saturated rings. The number of sulfonamides is 1. The summed E-state index contributed by atoms with van der Waals surface area (Å²) < 4.78 is 31.2. The number of amides is 1. The Balaban J connectivity index is 2.07. The highest BCUT2D eigenvalue weighted by Gasteiger charge is 2.24. The lowest BCUT2D eigenvalue weighted by Crippen LogP contribution is -2.41. The summed E-state index contributed by atoms with van der Waals surface area (Å²) in [5.41, 5.74) is 1.23. The zero-order valence-corrected chi connectivity index (χ0v) is 13.1. The highest BCUT2D eigenvalue weighted by Crippen LogP contribution is 2.14. The number of hydrogen-bond acceptors (Lipinski definition) is 4. The van der Waals surface area contributed by atoms with Crippen molar-refractivity contribution in [3.05, 3.63) is 35.4 Å². The molecular weight excluding hydrogens is 292 g/mol. The molecule has 6 nitrogen and oxygen atoms in total. The third-order valence-electron chi connectivity index (χ3n) is 3.32. The van der Waals surface area contributed by atoms with Crippen molar-refractivity contribution >= 4 is 15.9 Å². The van der Waals surface area contributed by atoms with E-state index in [0.717, 1.165) is 0 Å². The fraction of sp³-hybridized carbons (Fsp3) is 0.500. The van der Waals surface area contributed by atoms with Gasteiger partial charge in [-0.3, -0.25) is 4.79 Å². The van der Waals surface area contributed by atoms with Gasteiger partial charge in [0.25, 0.3) is 5.91 Å². The first-order valence-electron chi connectivity index (χ1n) is 6.76. The molecule has 0 saturated carbocycles. The Morgan fingerprint density at radius 1 is 1.19 bits per heavy atom. The summed E-state index contributed by atoms with van der Waals surface area (Å²) >= 11 is 0. The lowest BCUT2D eigenvalue weighted by Gasteiger charge is -2.26. The molecule has 0 radical (unpaired) electrons. The number of carbonyl (C=O) groups excluding carboxylic acids is 1. The first-order valence-corrected chi connectivity index (χ1v) is 8.37. The van der Waals surface area contributed by atoms with E-state index in [1.165, 1.54) is 9.21 Å². The van der Waals surface area contributed by atoms with Gasteiger partial charge in [0.2, 0.25) is 10.0 Å². The summed E-state index contributed by atoms with van der Waals surface area (Å²) in [5, 5.41) is 0. The molecule has 0 aromatic heterocycles. The Morgan fingerprint density at radius 2 is 1.76 bits per heavy atom. The predicted molar refractivity (Wildman–Crippen MR) is 79.5 cm³/mol. The first-order chi connectivity index (χ1) is 9.90. The van der Waals surface area contributed by atoms with E-state index < -0.39 is 10.0 Å². The molecule has 1 amide bonds. The van der Waals surface area contributed by atoms with Crippen molar-refractivity contribution in [3.63, 3.8) is 0 Å². The molecule has 116 valence electrons. The van der Waals surface area contributed by atoms with Gasteiger partial charge in [-0.1, -0.05) is 12.1 Å². The average molecular weight is 312 g/mol. The fourth-order valence-corrected chi connectivity index (χ4v) is 3.63. The van der Waals surface area contributed by atoms with Crippen molar-refractivity contribution in [1.82, 2.24) is 9.21 Å². The zero-order chi connectivity index (χ0) is 15.5. The van der Waals surface area contributed by atoms with Crippen molar-refractivity contribution < 1.29 is 17.9 Å². The molecule has 0 bridgehead atoms. The van der Waals surface area contributed by atoms with E-state index >= 15 is 0 Å². The van der Waals surface area contributed by atoms with Crippen LogP contribution in [0.4, 0.5) is 0 Å². The van der Waals surface area contributed by atoms with Crippen molar-refractivity contribution in [3.8, 4) is 0 Å². The van der Waals surface area contributed by atoms with Gasteiger partial charge < -0.3 is 9.64 Å². The zero-order valence-electron chi connectivity index (χ0n) is 12.3. The number of rotatable bonds is 4. The third kappa shape index (κ3) is 4.03. The standard InChI is InChI=1S/C14H20N2O4S/c1-15(2)14(17)13-5-3-12(4-6-13)11-21(18,19)16-7-9-20-10-8-16/h3-6H,7-11H2,1-2H3. The molecule has 1 heterocycles. The van der Waals surface area contributed by atoms with Crippen molar-refractivity contribution in [2.75, 3.05) is 40.4 Å². The van der Waals surface area contributed by atoms with E-state index in [2.05, 4.69) is 0 Å². The molecular formula is C14H20N2O4S. The normalized spacial score (nSPS) is 16.7. The van der Waals surface area contributed by atoms with Crippen LogP contribution in [0.25, 0.3) is 0 Å². The largest absolute Gasteiger partial charge is 0.379 e. The number of benzene rings is 1. The van der Waals surface area contributed by atoms with Crippen LogP contribution in [0.1, 0.15) is 15.9 Å². The molecule has 1 aliphatic heterocycles. The average Bonchev–Trinajstić information content (AvgIpc) is 2.48. The van der Waals surface area contributed by atoms with E-state index in [0.29, 0.717) is 37.4 Å². The lowest BCUT2D eigenvalue weighted by atomic mass is 10.1. The van der Waals surface area contributed by atoms with Crippen LogP contribution in [0.5, 0.6) is 0 Å². The maximum Gasteiger partial charge on any atom is 0.253 e. The molecule has 0 atom stereocenters. The number of ether oxygens (including phenoxy) is 1. The molecule has 1 saturated heterocycles. The Hall–Kier alpha value is -1.44. The van der Waals surface area contributed by atoms with Crippen LogP contribution >= 0.6 is 0 Å².